The lowest BCUT2D eigenvalue weighted by Crippen LogP contribution is -2.38. The van der Waals surface area contributed by atoms with Crippen molar-refractivity contribution >= 4 is 40.1 Å². The molecule has 1 aromatic heterocycles. The number of aromatic nitrogens is 1. The number of nitrogen functional groups attached to an aromatic ring is 1. The Morgan fingerprint density at radius 1 is 1.45 bits per heavy atom. The van der Waals surface area contributed by atoms with Gasteiger partial charge in [0, 0.05) is 11.1 Å². The van der Waals surface area contributed by atoms with Gasteiger partial charge in [-0.15, -0.1) is 11.3 Å². The fourth-order valence-corrected chi connectivity index (χ4v) is 2.31. The molecular formula is C14H13N4O3S. The first kappa shape index (κ1) is 15.6. The van der Waals surface area contributed by atoms with Crippen molar-refractivity contribution in [3.63, 3.8) is 0 Å². The smallest absolute Gasteiger partial charge is 0.283 e. The molecule has 0 bridgehead atoms. The monoisotopic (exact) mass is 317 g/mol. The molecule has 0 saturated carbocycles. The maximum atomic E-state index is 12.7. The molecule has 1 amide bonds. The van der Waals surface area contributed by atoms with Crippen LogP contribution in [0.15, 0.2) is 40.9 Å². The summed E-state index contributed by atoms with van der Waals surface area (Å²) in [6, 6.07) is 8.73. The number of carbonyl (C=O) groups is 1. The summed E-state index contributed by atoms with van der Waals surface area (Å²) >= 11 is 1.18. The minimum Gasteiger partial charge on any atom is -0.398 e. The summed E-state index contributed by atoms with van der Waals surface area (Å²) in [6.45, 7) is -0.231. The average molecular weight is 317 g/mol. The van der Waals surface area contributed by atoms with Gasteiger partial charge in [-0.2, -0.15) is 0 Å². The van der Waals surface area contributed by atoms with Crippen LogP contribution in [0.1, 0.15) is 5.69 Å². The van der Waals surface area contributed by atoms with Crippen molar-refractivity contribution in [2.45, 2.75) is 0 Å². The molecule has 113 valence electrons. The summed E-state index contributed by atoms with van der Waals surface area (Å²) in [7, 11) is 1.32. The number of rotatable bonds is 6. The van der Waals surface area contributed by atoms with Gasteiger partial charge >= 0.3 is 0 Å². The number of anilines is 2. The van der Waals surface area contributed by atoms with Crippen LogP contribution in [0.25, 0.3) is 0 Å². The second kappa shape index (κ2) is 7.32. The van der Waals surface area contributed by atoms with Crippen LogP contribution in [0.3, 0.4) is 0 Å². The summed E-state index contributed by atoms with van der Waals surface area (Å²) in [6.07, 6.45) is 1.72. The van der Waals surface area contributed by atoms with Crippen LogP contribution in [-0.4, -0.2) is 36.5 Å². The van der Waals surface area contributed by atoms with Crippen LogP contribution in [0.5, 0.6) is 0 Å². The normalized spacial score (nSPS) is 11.0. The average Bonchev–Trinajstić information content (AvgIpc) is 2.96. The van der Waals surface area contributed by atoms with Gasteiger partial charge in [0.25, 0.3) is 5.91 Å². The summed E-state index contributed by atoms with van der Waals surface area (Å²) in [5, 5.41) is 5.62. The van der Waals surface area contributed by atoms with E-state index in [1.165, 1.54) is 23.3 Å². The maximum Gasteiger partial charge on any atom is 0.283 e. The molecule has 8 heteroatoms. The number of thiazole rings is 1. The van der Waals surface area contributed by atoms with E-state index in [4.69, 9.17) is 10.6 Å². The van der Waals surface area contributed by atoms with E-state index in [0.29, 0.717) is 16.5 Å². The third-order valence-electron chi connectivity index (χ3n) is 2.69. The Morgan fingerprint density at radius 3 is 2.73 bits per heavy atom. The van der Waals surface area contributed by atoms with Crippen LogP contribution in [0.2, 0.25) is 0 Å². The molecule has 0 atom stereocenters. The van der Waals surface area contributed by atoms with Crippen molar-refractivity contribution in [2.24, 2.45) is 5.16 Å². The number of amides is 1. The quantitative estimate of drug-likeness (QED) is 0.638. The minimum atomic E-state index is -0.526. The van der Waals surface area contributed by atoms with Gasteiger partial charge in [0.2, 0.25) is 6.29 Å². The highest BCUT2D eigenvalue weighted by Crippen LogP contribution is 2.17. The second-order valence-corrected chi connectivity index (χ2v) is 4.95. The highest BCUT2D eigenvalue weighted by Gasteiger charge is 2.25. The molecular weight excluding hydrogens is 304 g/mol. The van der Waals surface area contributed by atoms with E-state index in [2.05, 4.69) is 10.1 Å². The topological polar surface area (TPSA) is 97.9 Å². The predicted octanol–water partition coefficient (Wildman–Crippen LogP) is 1.22. The van der Waals surface area contributed by atoms with Crippen molar-refractivity contribution in [1.82, 2.24) is 4.98 Å². The molecule has 0 aliphatic rings. The number of carbonyl (C=O) groups excluding carboxylic acids is 2. The Labute approximate surface area is 131 Å². The molecule has 2 rings (SSSR count). The van der Waals surface area contributed by atoms with Crippen molar-refractivity contribution in [1.29, 1.82) is 0 Å². The molecule has 2 aromatic rings. The molecule has 1 heterocycles. The highest BCUT2D eigenvalue weighted by molar-refractivity contribution is 7.13. The van der Waals surface area contributed by atoms with Gasteiger partial charge in [-0.1, -0.05) is 23.4 Å². The SMILES string of the molecule is CON=C(C(=O)N(C[C]=O)c1ccccc1)c1csc(N)n1. The summed E-state index contributed by atoms with van der Waals surface area (Å²) in [5.41, 5.74) is 6.39. The Kier molecular flexibility index (Phi) is 5.21. The Bertz CT molecular complexity index is 684. The lowest BCUT2D eigenvalue weighted by molar-refractivity contribution is -0.112. The number of nitrogens with two attached hydrogens (primary N) is 1. The molecule has 22 heavy (non-hydrogen) atoms. The van der Waals surface area contributed by atoms with Crippen molar-refractivity contribution < 1.29 is 14.4 Å². The highest BCUT2D eigenvalue weighted by atomic mass is 32.1. The standard InChI is InChI=1S/C14H13N4O3S/c1-21-17-12(11-9-22-14(15)16-11)13(20)18(7-8-19)10-5-3-2-4-6-10/h2-6,9H,7H2,1H3,(H2,15,16). The largest absolute Gasteiger partial charge is 0.398 e. The first-order valence-electron chi connectivity index (χ1n) is 6.21. The van der Waals surface area contributed by atoms with Crippen LogP contribution < -0.4 is 10.6 Å². The van der Waals surface area contributed by atoms with E-state index in [1.807, 2.05) is 6.07 Å². The van der Waals surface area contributed by atoms with Gasteiger partial charge in [0.1, 0.15) is 12.8 Å². The predicted molar refractivity (Wildman–Crippen MR) is 84.6 cm³/mol. The summed E-state index contributed by atoms with van der Waals surface area (Å²) in [5.74, 6) is -0.526. The zero-order chi connectivity index (χ0) is 15.9. The molecule has 0 spiro atoms. The number of nitrogens with zero attached hydrogens (tertiary/aromatic N) is 3. The maximum absolute atomic E-state index is 12.7. The van der Waals surface area contributed by atoms with Crippen LogP contribution in [0.4, 0.5) is 10.8 Å². The van der Waals surface area contributed by atoms with Gasteiger partial charge in [0.15, 0.2) is 10.8 Å². The van der Waals surface area contributed by atoms with Gasteiger partial charge in [0.05, 0.1) is 6.54 Å². The summed E-state index contributed by atoms with van der Waals surface area (Å²) in [4.78, 5) is 33.5. The van der Waals surface area contributed by atoms with E-state index in [0.717, 1.165) is 0 Å². The zero-order valence-electron chi connectivity index (χ0n) is 11.7. The Balaban J connectivity index is 2.39. The van der Waals surface area contributed by atoms with Gasteiger partial charge in [-0.25, -0.2) is 4.98 Å². The molecule has 0 aliphatic carbocycles. The molecule has 0 aliphatic heterocycles. The minimum absolute atomic E-state index is 0.0328. The van der Waals surface area contributed by atoms with E-state index in [-0.39, 0.29) is 12.3 Å². The van der Waals surface area contributed by atoms with E-state index in [1.54, 1.807) is 35.9 Å². The van der Waals surface area contributed by atoms with Gasteiger partial charge in [-0.05, 0) is 12.1 Å². The van der Waals surface area contributed by atoms with Gasteiger partial charge in [-0.3, -0.25) is 14.5 Å². The second-order valence-electron chi connectivity index (χ2n) is 4.06. The number of hydrogen-bond acceptors (Lipinski definition) is 7. The zero-order valence-corrected chi connectivity index (χ0v) is 12.5. The first-order valence-corrected chi connectivity index (χ1v) is 7.09. The Morgan fingerprint density at radius 2 is 2.18 bits per heavy atom. The molecule has 1 aromatic carbocycles. The molecule has 0 saturated heterocycles. The van der Waals surface area contributed by atoms with E-state index >= 15 is 0 Å². The van der Waals surface area contributed by atoms with Crippen LogP contribution >= 0.6 is 11.3 Å². The number of oxime groups is 1. The van der Waals surface area contributed by atoms with Crippen molar-refractivity contribution in [3.8, 4) is 0 Å². The number of para-hydroxylation sites is 1. The summed E-state index contributed by atoms with van der Waals surface area (Å²) < 4.78 is 0. The van der Waals surface area contributed by atoms with Crippen LogP contribution in [-0.2, 0) is 14.4 Å². The fourth-order valence-electron chi connectivity index (χ4n) is 1.76. The molecule has 7 nitrogen and oxygen atoms in total. The molecule has 1 radical (unpaired) electrons. The van der Waals surface area contributed by atoms with E-state index < -0.39 is 5.91 Å². The fraction of sp³-hybridized carbons (Fsp3) is 0.143. The lowest BCUT2D eigenvalue weighted by atomic mass is 10.2. The third kappa shape index (κ3) is 3.47. The molecule has 2 N–H and O–H groups in total. The van der Waals surface area contributed by atoms with Crippen LogP contribution in [0, 0.1) is 0 Å². The first-order chi connectivity index (χ1) is 10.7. The third-order valence-corrected chi connectivity index (χ3v) is 3.36. The van der Waals surface area contributed by atoms with Gasteiger partial charge < -0.3 is 10.6 Å². The lowest BCUT2D eigenvalue weighted by Gasteiger charge is -2.19. The molecule has 0 fully saturated rings. The van der Waals surface area contributed by atoms with E-state index in [9.17, 15) is 9.59 Å². The number of hydrogen-bond donors (Lipinski definition) is 1. The molecule has 0 unspecified atom stereocenters. The van der Waals surface area contributed by atoms with Crippen molar-refractivity contribution in [3.05, 3.63) is 41.4 Å². The van der Waals surface area contributed by atoms with Crippen molar-refractivity contribution in [2.75, 3.05) is 24.3 Å². The number of benzene rings is 1. The Hall–Kier alpha value is -2.74.